The second-order valence-corrected chi connectivity index (χ2v) is 6.96. The van der Waals surface area contributed by atoms with E-state index >= 15 is 0 Å². The van der Waals surface area contributed by atoms with Gasteiger partial charge in [0.1, 0.15) is 6.61 Å². The van der Waals surface area contributed by atoms with E-state index in [-0.39, 0.29) is 6.61 Å². The Bertz CT molecular complexity index is 640. The lowest BCUT2D eigenvalue weighted by Gasteiger charge is -2.21. The molecule has 0 aliphatic carbocycles. The fraction of sp³-hybridized carbons (Fsp3) is 0.385. The van der Waals surface area contributed by atoms with Crippen molar-refractivity contribution in [3.05, 3.63) is 28.8 Å². The Labute approximate surface area is 124 Å². The van der Waals surface area contributed by atoms with Crippen molar-refractivity contribution in [3.63, 3.8) is 0 Å². The van der Waals surface area contributed by atoms with Gasteiger partial charge in [-0.3, -0.25) is 4.72 Å². The van der Waals surface area contributed by atoms with Crippen LogP contribution in [0.15, 0.2) is 18.2 Å². The van der Waals surface area contributed by atoms with E-state index in [1.54, 1.807) is 26.8 Å². The van der Waals surface area contributed by atoms with Crippen LogP contribution in [-0.2, 0) is 10.2 Å². The molecule has 0 aliphatic heterocycles. The van der Waals surface area contributed by atoms with Crippen molar-refractivity contribution in [1.82, 2.24) is 4.72 Å². The van der Waals surface area contributed by atoms with E-state index in [9.17, 15) is 8.42 Å². The van der Waals surface area contributed by atoms with Crippen molar-refractivity contribution >= 4 is 27.5 Å². The molecule has 0 aliphatic rings. The minimum atomic E-state index is -3.73. The summed E-state index contributed by atoms with van der Waals surface area (Å²) in [6, 6.07) is 4.60. The Kier molecular flexibility index (Phi) is 5.42. The second kappa shape index (κ2) is 6.46. The molecular formula is C13H17ClN2O3S. The third-order valence-corrected chi connectivity index (χ3v) is 3.57. The molecule has 0 saturated heterocycles. The molecule has 0 saturated carbocycles. The predicted octanol–water partition coefficient (Wildman–Crippen LogP) is 1.73. The number of aliphatic hydroxyl groups excluding tert-OH is 1. The van der Waals surface area contributed by atoms with E-state index in [1.165, 1.54) is 12.1 Å². The average Bonchev–Trinajstić information content (AvgIpc) is 2.26. The minimum Gasteiger partial charge on any atom is -0.384 e. The first-order chi connectivity index (χ1) is 9.13. The number of benzene rings is 1. The lowest BCUT2D eigenvalue weighted by Crippen LogP contribution is -2.43. The first-order valence-electron chi connectivity index (χ1n) is 5.84. The number of halogens is 1. The predicted molar refractivity (Wildman–Crippen MR) is 80.8 cm³/mol. The highest BCUT2D eigenvalue weighted by atomic mass is 35.5. The van der Waals surface area contributed by atoms with E-state index in [4.69, 9.17) is 16.7 Å². The van der Waals surface area contributed by atoms with Crippen molar-refractivity contribution in [2.24, 2.45) is 0 Å². The fourth-order valence-corrected chi connectivity index (χ4v) is 2.91. The summed E-state index contributed by atoms with van der Waals surface area (Å²) in [5.41, 5.74) is 0.0905. The lowest BCUT2D eigenvalue weighted by atomic mass is 10.1. The zero-order chi connectivity index (χ0) is 15.4. The van der Waals surface area contributed by atoms with Crippen molar-refractivity contribution in [2.45, 2.75) is 26.3 Å². The molecule has 110 valence electrons. The Morgan fingerprint density at radius 1 is 1.35 bits per heavy atom. The van der Waals surface area contributed by atoms with Gasteiger partial charge in [-0.25, -0.2) is 0 Å². The molecule has 0 aromatic heterocycles. The van der Waals surface area contributed by atoms with Gasteiger partial charge >= 0.3 is 0 Å². The fourth-order valence-electron chi connectivity index (χ4n) is 1.42. The summed E-state index contributed by atoms with van der Waals surface area (Å²) in [6.45, 7) is 4.89. The number of anilines is 1. The smallest absolute Gasteiger partial charge is 0.299 e. The summed E-state index contributed by atoms with van der Waals surface area (Å²) >= 11 is 5.85. The normalized spacial score (nSPS) is 11.7. The third-order valence-electron chi connectivity index (χ3n) is 1.97. The van der Waals surface area contributed by atoms with Crippen LogP contribution in [0.5, 0.6) is 0 Å². The van der Waals surface area contributed by atoms with E-state index < -0.39 is 15.7 Å². The van der Waals surface area contributed by atoms with Gasteiger partial charge in [-0.1, -0.05) is 23.4 Å². The molecular weight excluding hydrogens is 300 g/mol. The van der Waals surface area contributed by atoms with Gasteiger partial charge in [-0.2, -0.15) is 13.1 Å². The molecule has 0 bridgehead atoms. The van der Waals surface area contributed by atoms with Crippen LogP contribution in [0.25, 0.3) is 0 Å². The van der Waals surface area contributed by atoms with E-state index in [1.807, 2.05) is 0 Å². The monoisotopic (exact) mass is 316 g/mol. The van der Waals surface area contributed by atoms with Gasteiger partial charge in [0.05, 0.1) is 11.3 Å². The number of rotatable bonds is 3. The molecule has 0 radical (unpaired) electrons. The third kappa shape index (κ3) is 5.80. The van der Waals surface area contributed by atoms with Crippen LogP contribution in [-0.4, -0.2) is 25.7 Å². The van der Waals surface area contributed by atoms with Crippen LogP contribution in [0.4, 0.5) is 5.69 Å². The van der Waals surface area contributed by atoms with Gasteiger partial charge in [-0.05, 0) is 39.0 Å². The zero-order valence-corrected chi connectivity index (χ0v) is 13.1. The average molecular weight is 317 g/mol. The standard InChI is InChI=1S/C13H17ClN2O3S/c1-13(2,3)16-20(18,19)15-12-7-6-11(14)9-10(12)5-4-8-17/h6-7,9,15-17H,8H2,1-3H3. The summed E-state index contributed by atoms with van der Waals surface area (Å²) in [7, 11) is -3.73. The van der Waals surface area contributed by atoms with E-state index in [2.05, 4.69) is 21.3 Å². The maximum Gasteiger partial charge on any atom is 0.299 e. The molecule has 1 aromatic rings. The topological polar surface area (TPSA) is 78.4 Å². The molecule has 5 nitrogen and oxygen atoms in total. The summed E-state index contributed by atoms with van der Waals surface area (Å²) < 4.78 is 28.8. The summed E-state index contributed by atoms with van der Waals surface area (Å²) in [5, 5.41) is 9.15. The molecule has 1 rings (SSSR count). The Morgan fingerprint density at radius 2 is 2.00 bits per heavy atom. The largest absolute Gasteiger partial charge is 0.384 e. The summed E-state index contributed by atoms with van der Waals surface area (Å²) in [5.74, 6) is 5.11. The van der Waals surface area contributed by atoms with Crippen molar-refractivity contribution < 1.29 is 13.5 Å². The first kappa shape index (κ1) is 16.8. The summed E-state index contributed by atoms with van der Waals surface area (Å²) in [6.07, 6.45) is 0. The van der Waals surface area contributed by atoms with Gasteiger partial charge in [-0.15, -0.1) is 0 Å². The van der Waals surface area contributed by atoms with Gasteiger partial charge in [0, 0.05) is 10.6 Å². The van der Waals surface area contributed by atoms with Gasteiger partial charge < -0.3 is 5.11 Å². The Balaban J connectivity index is 3.09. The molecule has 0 atom stereocenters. The van der Waals surface area contributed by atoms with E-state index in [0.717, 1.165) is 0 Å². The number of hydrogen-bond donors (Lipinski definition) is 3. The van der Waals surface area contributed by atoms with Gasteiger partial charge in [0.15, 0.2) is 0 Å². The first-order valence-corrected chi connectivity index (χ1v) is 7.70. The number of hydrogen-bond acceptors (Lipinski definition) is 3. The SMILES string of the molecule is CC(C)(C)NS(=O)(=O)Nc1ccc(Cl)cc1C#CCO. The van der Waals surface area contributed by atoms with Crippen LogP contribution in [0.1, 0.15) is 26.3 Å². The molecule has 0 amide bonds. The highest BCUT2D eigenvalue weighted by molar-refractivity contribution is 7.90. The molecule has 20 heavy (non-hydrogen) atoms. The highest BCUT2D eigenvalue weighted by Crippen LogP contribution is 2.21. The van der Waals surface area contributed by atoms with Crippen LogP contribution >= 0.6 is 11.6 Å². The van der Waals surface area contributed by atoms with Gasteiger partial charge in [0.2, 0.25) is 0 Å². The van der Waals surface area contributed by atoms with Crippen LogP contribution < -0.4 is 9.44 Å². The minimum absolute atomic E-state index is 0.298. The molecule has 0 fully saturated rings. The van der Waals surface area contributed by atoms with Crippen LogP contribution in [0.2, 0.25) is 5.02 Å². The zero-order valence-electron chi connectivity index (χ0n) is 11.5. The van der Waals surface area contributed by atoms with Crippen LogP contribution in [0, 0.1) is 11.8 Å². The van der Waals surface area contributed by atoms with Crippen molar-refractivity contribution in [2.75, 3.05) is 11.3 Å². The maximum absolute atomic E-state index is 12.0. The maximum atomic E-state index is 12.0. The van der Waals surface area contributed by atoms with Crippen molar-refractivity contribution in [3.8, 4) is 11.8 Å². The molecule has 1 aromatic carbocycles. The molecule has 0 heterocycles. The molecule has 0 unspecified atom stereocenters. The lowest BCUT2D eigenvalue weighted by molar-refractivity contribution is 0.350. The molecule has 7 heteroatoms. The molecule has 0 spiro atoms. The highest BCUT2D eigenvalue weighted by Gasteiger charge is 2.20. The number of nitrogens with one attached hydrogen (secondary N) is 2. The number of aliphatic hydroxyl groups is 1. The summed E-state index contributed by atoms with van der Waals surface area (Å²) in [4.78, 5) is 0. The Hall–Kier alpha value is -1.26. The quantitative estimate of drug-likeness (QED) is 0.743. The second-order valence-electron chi connectivity index (χ2n) is 5.11. The van der Waals surface area contributed by atoms with Gasteiger partial charge in [0.25, 0.3) is 10.2 Å². The molecule has 3 N–H and O–H groups in total. The van der Waals surface area contributed by atoms with E-state index in [0.29, 0.717) is 16.3 Å². The Morgan fingerprint density at radius 3 is 2.55 bits per heavy atom. The van der Waals surface area contributed by atoms with Crippen molar-refractivity contribution in [1.29, 1.82) is 0 Å². The van der Waals surface area contributed by atoms with Crippen LogP contribution in [0.3, 0.4) is 0 Å².